The third-order valence-electron chi connectivity index (χ3n) is 27.6. The number of hydrogen-bond donors (Lipinski definition) is 0. The summed E-state index contributed by atoms with van der Waals surface area (Å²) in [5, 5.41) is 17.7. The molecule has 0 amide bonds. The van der Waals surface area contributed by atoms with Gasteiger partial charge in [-0.05, 0) is 237 Å². The van der Waals surface area contributed by atoms with Crippen molar-refractivity contribution in [2.24, 2.45) is 0 Å². The SMILES string of the molecule is c1ccc2c(c1)CCC(c1cc3c4c(c1)c1cc(CC5c6ccccc6-c6ccccc65)ccc1n4-c1c4c(cc5c6ccc(-n7c8ccccc8c8ccccc87)cc6c6ccccc6c15)-n1c5ccc(CC6c7ccccc7-c7ccccc76)cc5c5cc(-n6c7ccccc7c7ccccc76)cc(c51)B43)c1ccccc1-2. The van der Waals surface area contributed by atoms with E-state index in [9.17, 15) is 0 Å². The van der Waals surface area contributed by atoms with E-state index in [4.69, 9.17) is 0 Å². The van der Waals surface area contributed by atoms with Crippen LogP contribution in [0.25, 0.3) is 176 Å². The summed E-state index contributed by atoms with van der Waals surface area (Å²) in [6.07, 6.45) is 3.73. The van der Waals surface area contributed by atoms with E-state index in [2.05, 4.69) is 370 Å². The van der Waals surface area contributed by atoms with Crippen molar-refractivity contribution in [1.29, 1.82) is 0 Å². The molecule has 18 aromatic carbocycles. The smallest absolute Gasteiger partial charge is 0.252 e. The summed E-state index contributed by atoms with van der Waals surface area (Å²) < 4.78 is 10.7. The summed E-state index contributed by atoms with van der Waals surface area (Å²) in [5.41, 5.74) is 39.4. The van der Waals surface area contributed by atoms with Crippen LogP contribution in [0.4, 0.5) is 0 Å². The third-order valence-corrected chi connectivity index (χ3v) is 27.6. The minimum Gasteiger partial charge on any atom is -0.310 e. The Morgan fingerprint density at radius 2 is 0.693 bits per heavy atom. The summed E-state index contributed by atoms with van der Waals surface area (Å²) in [4.78, 5) is 0. The van der Waals surface area contributed by atoms with Crippen LogP contribution in [0.2, 0.25) is 0 Å². The third kappa shape index (κ3) is 8.22. The monoisotopic (exact) mass is 1440 g/mol. The van der Waals surface area contributed by atoms with Crippen LogP contribution >= 0.6 is 0 Å². The van der Waals surface area contributed by atoms with Crippen molar-refractivity contribution >= 4 is 143 Å². The van der Waals surface area contributed by atoms with Crippen LogP contribution < -0.4 is 16.4 Å². The molecule has 1 atom stereocenters. The zero-order valence-electron chi connectivity index (χ0n) is 62.4. The maximum atomic E-state index is 2.81. The summed E-state index contributed by atoms with van der Waals surface area (Å²) >= 11 is 0. The van der Waals surface area contributed by atoms with Crippen LogP contribution in [-0.4, -0.2) is 25.0 Å². The quantitative estimate of drug-likeness (QED) is 0.112. The number of hydrogen-bond acceptors (Lipinski definition) is 0. The maximum Gasteiger partial charge on any atom is 0.252 e. The van der Waals surface area contributed by atoms with Crippen molar-refractivity contribution in [1.82, 2.24) is 18.3 Å². The Labute approximate surface area is 658 Å². The van der Waals surface area contributed by atoms with Gasteiger partial charge in [0.1, 0.15) is 0 Å². The molecule has 0 radical (unpaired) electrons. The van der Waals surface area contributed by atoms with Gasteiger partial charge >= 0.3 is 0 Å². The number of aryl methyl sites for hydroxylation is 1. The second kappa shape index (κ2) is 22.8. The summed E-state index contributed by atoms with van der Waals surface area (Å²) in [6, 6.07) is 137. The maximum absolute atomic E-state index is 2.81. The van der Waals surface area contributed by atoms with Crippen molar-refractivity contribution in [2.75, 3.05) is 0 Å². The molecule has 114 heavy (non-hydrogen) atoms. The Morgan fingerprint density at radius 3 is 1.26 bits per heavy atom. The van der Waals surface area contributed by atoms with Gasteiger partial charge in [-0.25, -0.2) is 0 Å². The van der Waals surface area contributed by atoms with Gasteiger partial charge in [0.2, 0.25) is 0 Å². The Hall–Kier alpha value is -14.0. The number of nitrogens with zero attached hydrogens (tertiary/aromatic N) is 4. The molecule has 0 saturated carbocycles. The molecule has 0 saturated heterocycles. The topological polar surface area (TPSA) is 19.7 Å². The number of rotatable bonds is 7. The highest BCUT2D eigenvalue weighted by Crippen LogP contribution is 2.53. The van der Waals surface area contributed by atoms with Crippen molar-refractivity contribution in [3.05, 3.63) is 402 Å². The molecule has 0 fully saturated rings. The zero-order chi connectivity index (χ0) is 73.9. The standard InChI is InChI=1S/C109H69BN4/c1-2-24-69-65(23-1)47-49-70(72-26-4-3-25-71(69)72)66-57-94-91-55-64(54-89-79-33-11-7-29-75(79)76-30-8-12-34-80(76)89)46-52-103(91)114-108(94)96(58-66)110-97-61-68(112-100-43-21-17-38-85(100)86-39-18-22-44-101(86)112)60-95-92-56-63(53-88-77-31-9-5-27-73(77)74-28-6-10-32-78(74)88)45-51-102(92)113(107(95)97)104-62-93-82-50-48-67(111-98-41-19-15-36-83(98)84-37-16-20-42-99(84)111)59-90(82)81-35-13-14-40-87(81)105(93)109(114)106(104)110/h1-46,48,50-52,55-62,70,88-89H,47,49,53-54H2. The second-order valence-corrected chi connectivity index (χ2v) is 33.0. The van der Waals surface area contributed by atoms with Crippen LogP contribution in [0, 0.1) is 0 Å². The summed E-state index contributed by atoms with van der Waals surface area (Å²) in [6.45, 7) is -0.215. The van der Waals surface area contributed by atoms with Gasteiger partial charge in [0.15, 0.2) is 0 Å². The van der Waals surface area contributed by atoms with E-state index in [1.54, 1.807) is 0 Å². The molecule has 4 aromatic heterocycles. The lowest BCUT2D eigenvalue weighted by atomic mass is 9.34. The van der Waals surface area contributed by atoms with Crippen LogP contribution in [0.5, 0.6) is 0 Å². The minimum atomic E-state index is -0.215. The number of para-hydroxylation sites is 4. The Balaban J connectivity index is 0.797. The molecular weight excluding hydrogens is 1380 g/mol. The number of aromatic nitrogens is 4. The molecule has 6 heterocycles. The van der Waals surface area contributed by atoms with Gasteiger partial charge in [0.25, 0.3) is 6.71 Å². The van der Waals surface area contributed by atoms with E-state index < -0.39 is 0 Å². The van der Waals surface area contributed by atoms with Gasteiger partial charge in [-0.1, -0.05) is 267 Å². The van der Waals surface area contributed by atoms with Crippen molar-refractivity contribution in [2.45, 2.75) is 43.4 Å². The second-order valence-electron chi connectivity index (χ2n) is 33.0. The van der Waals surface area contributed by atoms with E-state index >= 15 is 0 Å². The van der Waals surface area contributed by atoms with Crippen LogP contribution in [-0.2, 0) is 19.3 Å². The molecule has 0 bridgehead atoms. The lowest BCUT2D eigenvalue weighted by molar-refractivity contribution is 0.727. The normalized spacial score (nSPS) is 14.5. The molecule has 1 unspecified atom stereocenters. The number of fused-ring (bicyclic) bond motifs is 32. The lowest BCUT2D eigenvalue weighted by Gasteiger charge is -2.36. The molecule has 3 aliphatic carbocycles. The fourth-order valence-electron chi connectivity index (χ4n) is 23.0. The van der Waals surface area contributed by atoms with Crippen LogP contribution in [0.15, 0.2) is 352 Å². The predicted octanol–water partition coefficient (Wildman–Crippen LogP) is 25.1. The molecule has 5 heteroatoms. The first kappa shape index (κ1) is 61.7. The molecule has 5 aliphatic rings. The van der Waals surface area contributed by atoms with Gasteiger partial charge in [-0.2, -0.15) is 0 Å². The van der Waals surface area contributed by atoms with E-state index in [1.807, 2.05) is 0 Å². The highest BCUT2D eigenvalue weighted by Gasteiger charge is 2.44. The number of benzene rings is 18. The highest BCUT2D eigenvalue weighted by atomic mass is 15.0. The Bertz CT molecular complexity index is 7910. The average Bonchev–Trinajstić information content (AvgIpc) is 1.38. The average molecular weight is 1450 g/mol. The Morgan fingerprint density at radius 1 is 0.272 bits per heavy atom. The largest absolute Gasteiger partial charge is 0.310 e. The first-order valence-electron chi connectivity index (χ1n) is 40.8. The molecule has 0 spiro atoms. The van der Waals surface area contributed by atoms with Crippen molar-refractivity contribution in [3.63, 3.8) is 0 Å². The summed E-state index contributed by atoms with van der Waals surface area (Å²) in [5.74, 6) is 0.546. The van der Waals surface area contributed by atoms with Crippen molar-refractivity contribution < 1.29 is 0 Å². The van der Waals surface area contributed by atoms with Crippen LogP contribution in [0.1, 0.15) is 74.2 Å². The van der Waals surface area contributed by atoms with E-state index in [0.29, 0.717) is 0 Å². The van der Waals surface area contributed by atoms with Crippen molar-refractivity contribution in [3.8, 4) is 56.1 Å². The van der Waals surface area contributed by atoms with Gasteiger partial charge < -0.3 is 18.3 Å². The van der Waals surface area contributed by atoms with Gasteiger partial charge in [-0.15, -0.1) is 0 Å². The predicted molar refractivity (Wildman–Crippen MR) is 478 cm³/mol. The molecule has 22 aromatic rings. The Kier molecular flexibility index (Phi) is 12.4. The van der Waals surface area contributed by atoms with E-state index in [-0.39, 0.29) is 24.5 Å². The first-order valence-corrected chi connectivity index (χ1v) is 40.8. The fraction of sp³-hybridized carbons (Fsp3) is 0.0642. The van der Waals surface area contributed by atoms with Crippen LogP contribution in [0.3, 0.4) is 0 Å². The fourth-order valence-corrected chi connectivity index (χ4v) is 23.0. The minimum absolute atomic E-state index is 0.110. The molecule has 4 nitrogen and oxygen atoms in total. The van der Waals surface area contributed by atoms with Gasteiger partial charge in [0, 0.05) is 94.3 Å². The molecule has 2 aliphatic heterocycles. The van der Waals surface area contributed by atoms with Gasteiger partial charge in [-0.3, -0.25) is 0 Å². The zero-order valence-corrected chi connectivity index (χ0v) is 62.4. The summed E-state index contributed by atoms with van der Waals surface area (Å²) in [7, 11) is 0. The lowest BCUT2D eigenvalue weighted by Crippen LogP contribution is -2.59. The molecule has 27 rings (SSSR count). The van der Waals surface area contributed by atoms with Gasteiger partial charge in [0.05, 0.1) is 38.8 Å². The molecular formula is C109H69BN4. The van der Waals surface area contributed by atoms with E-state index in [0.717, 1.165) is 31.4 Å². The highest BCUT2D eigenvalue weighted by molar-refractivity contribution is 7.00. The molecule has 528 valence electrons. The molecule has 0 N–H and O–H groups in total. The van der Waals surface area contributed by atoms with E-state index in [1.165, 1.54) is 236 Å². The first-order chi connectivity index (χ1) is 56.6.